The maximum Gasteiger partial charge on any atom is 0.106 e. The molecule has 1 N–H and O–H groups in total. The molecule has 1 aliphatic rings. The summed E-state index contributed by atoms with van der Waals surface area (Å²) in [6.45, 7) is 7.45. The molecule has 3 heteroatoms. The second-order valence-corrected chi connectivity index (χ2v) is 6.02. The van der Waals surface area contributed by atoms with Crippen molar-refractivity contribution < 1.29 is 0 Å². The zero-order valence-corrected chi connectivity index (χ0v) is 12.5. The van der Waals surface area contributed by atoms with E-state index in [4.69, 9.17) is 0 Å². The first kappa shape index (κ1) is 15.5. The molecule has 0 saturated heterocycles. The van der Waals surface area contributed by atoms with Crippen molar-refractivity contribution in [1.82, 2.24) is 10.2 Å². The van der Waals surface area contributed by atoms with Crippen LogP contribution in [0, 0.1) is 11.3 Å². The van der Waals surface area contributed by atoms with E-state index in [0.717, 1.165) is 31.8 Å². The predicted molar refractivity (Wildman–Crippen MR) is 76.4 cm³/mol. The average molecular weight is 251 g/mol. The zero-order chi connectivity index (χ0) is 13.6. The smallest absolute Gasteiger partial charge is 0.106 e. The number of nitriles is 1. The van der Waals surface area contributed by atoms with E-state index in [1.165, 1.54) is 19.3 Å². The van der Waals surface area contributed by atoms with Crippen LogP contribution in [0.5, 0.6) is 0 Å². The van der Waals surface area contributed by atoms with E-state index in [1.54, 1.807) is 0 Å². The molecule has 104 valence electrons. The zero-order valence-electron chi connectivity index (χ0n) is 12.5. The van der Waals surface area contributed by atoms with Crippen molar-refractivity contribution >= 4 is 0 Å². The van der Waals surface area contributed by atoms with Gasteiger partial charge in [0.2, 0.25) is 0 Å². The highest BCUT2D eigenvalue weighted by atomic mass is 15.1. The molecule has 1 unspecified atom stereocenters. The van der Waals surface area contributed by atoms with Crippen molar-refractivity contribution in [2.75, 3.05) is 13.6 Å². The Morgan fingerprint density at radius 1 is 1.44 bits per heavy atom. The van der Waals surface area contributed by atoms with Crippen LogP contribution < -0.4 is 5.32 Å². The molecular weight excluding hydrogens is 222 g/mol. The van der Waals surface area contributed by atoms with Crippen molar-refractivity contribution in [2.24, 2.45) is 0 Å². The van der Waals surface area contributed by atoms with Gasteiger partial charge in [0.15, 0.2) is 0 Å². The molecule has 1 fully saturated rings. The van der Waals surface area contributed by atoms with Gasteiger partial charge < -0.3 is 4.90 Å². The SMILES string of the molecule is CCC(C#N)(CCCN(C)C1CCC1)NC(C)C. The highest BCUT2D eigenvalue weighted by Gasteiger charge is 2.28. The first-order valence-corrected chi connectivity index (χ1v) is 7.42. The lowest BCUT2D eigenvalue weighted by molar-refractivity contribution is 0.153. The summed E-state index contributed by atoms with van der Waals surface area (Å²) >= 11 is 0. The van der Waals surface area contributed by atoms with Crippen LogP contribution in [0.3, 0.4) is 0 Å². The summed E-state index contributed by atoms with van der Waals surface area (Å²) in [6, 6.07) is 3.67. The standard InChI is InChI=1S/C15H29N3/c1-5-15(12-16,17-13(2)3)10-7-11-18(4)14-8-6-9-14/h13-14,17H,5-11H2,1-4H3. The Morgan fingerprint density at radius 2 is 2.11 bits per heavy atom. The summed E-state index contributed by atoms with van der Waals surface area (Å²) in [5.74, 6) is 0. The van der Waals surface area contributed by atoms with Crippen molar-refractivity contribution in [3.63, 3.8) is 0 Å². The molecule has 0 aromatic heterocycles. The Morgan fingerprint density at radius 3 is 2.50 bits per heavy atom. The van der Waals surface area contributed by atoms with E-state index in [-0.39, 0.29) is 5.54 Å². The van der Waals surface area contributed by atoms with Crippen LogP contribution in [0.15, 0.2) is 0 Å². The highest BCUT2D eigenvalue weighted by molar-refractivity contribution is 5.06. The van der Waals surface area contributed by atoms with Crippen LogP contribution in [0.4, 0.5) is 0 Å². The lowest BCUT2D eigenvalue weighted by Gasteiger charge is -2.36. The molecule has 1 rings (SSSR count). The van der Waals surface area contributed by atoms with E-state index in [1.807, 2.05) is 0 Å². The van der Waals surface area contributed by atoms with Gasteiger partial charge in [0.25, 0.3) is 0 Å². The molecule has 18 heavy (non-hydrogen) atoms. The van der Waals surface area contributed by atoms with Crippen molar-refractivity contribution in [3.05, 3.63) is 0 Å². The lowest BCUT2D eigenvalue weighted by atomic mass is 9.89. The van der Waals surface area contributed by atoms with E-state index >= 15 is 0 Å². The summed E-state index contributed by atoms with van der Waals surface area (Å²) < 4.78 is 0. The number of hydrogen-bond donors (Lipinski definition) is 1. The fourth-order valence-corrected chi connectivity index (χ4v) is 2.71. The summed E-state index contributed by atoms with van der Waals surface area (Å²) in [6.07, 6.45) is 7.05. The van der Waals surface area contributed by atoms with Crippen LogP contribution in [0.2, 0.25) is 0 Å². The molecule has 0 radical (unpaired) electrons. The largest absolute Gasteiger partial charge is 0.303 e. The third-order valence-electron chi connectivity index (χ3n) is 4.19. The quantitative estimate of drug-likeness (QED) is 0.721. The van der Waals surface area contributed by atoms with Crippen molar-refractivity contribution in [1.29, 1.82) is 5.26 Å². The van der Waals surface area contributed by atoms with Gasteiger partial charge in [0.1, 0.15) is 5.54 Å². The fourth-order valence-electron chi connectivity index (χ4n) is 2.71. The van der Waals surface area contributed by atoms with Crippen molar-refractivity contribution in [3.8, 4) is 6.07 Å². The van der Waals surface area contributed by atoms with Crippen LogP contribution in [0.1, 0.15) is 59.3 Å². The van der Waals surface area contributed by atoms with Crippen LogP contribution in [-0.4, -0.2) is 36.1 Å². The third kappa shape index (κ3) is 4.26. The molecule has 0 aromatic rings. The van der Waals surface area contributed by atoms with Gasteiger partial charge in [-0.05, 0) is 59.5 Å². The molecule has 0 heterocycles. The number of rotatable bonds is 8. The van der Waals surface area contributed by atoms with Crippen LogP contribution in [0.25, 0.3) is 0 Å². The first-order chi connectivity index (χ1) is 8.53. The van der Waals surface area contributed by atoms with Gasteiger partial charge in [-0.3, -0.25) is 5.32 Å². The van der Waals surface area contributed by atoms with E-state index in [9.17, 15) is 5.26 Å². The minimum atomic E-state index is -0.325. The van der Waals surface area contributed by atoms with Gasteiger partial charge in [-0.2, -0.15) is 5.26 Å². The van der Waals surface area contributed by atoms with Gasteiger partial charge in [0, 0.05) is 12.1 Å². The van der Waals surface area contributed by atoms with Gasteiger partial charge >= 0.3 is 0 Å². The predicted octanol–water partition coefficient (Wildman–Crippen LogP) is 2.92. The second kappa shape index (κ2) is 7.11. The highest BCUT2D eigenvalue weighted by Crippen LogP contribution is 2.24. The lowest BCUT2D eigenvalue weighted by Crippen LogP contribution is -2.47. The Hall–Kier alpha value is -0.590. The normalized spacial score (nSPS) is 19.6. The van der Waals surface area contributed by atoms with Crippen LogP contribution >= 0.6 is 0 Å². The first-order valence-electron chi connectivity index (χ1n) is 7.42. The summed E-state index contributed by atoms with van der Waals surface area (Å²) in [5, 5.41) is 12.9. The van der Waals surface area contributed by atoms with E-state index in [2.05, 4.69) is 44.1 Å². The molecule has 0 aromatic carbocycles. The van der Waals surface area contributed by atoms with Crippen LogP contribution in [-0.2, 0) is 0 Å². The molecule has 0 aliphatic heterocycles. The van der Waals surface area contributed by atoms with Gasteiger partial charge in [0.05, 0.1) is 6.07 Å². The van der Waals surface area contributed by atoms with Gasteiger partial charge in [-0.25, -0.2) is 0 Å². The minimum absolute atomic E-state index is 0.325. The number of nitrogens with one attached hydrogen (secondary N) is 1. The third-order valence-corrected chi connectivity index (χ3v) is 4.19. The minimum Gasteiger partial charge on any atom is -0.303 e. The molecule has 1 atom stereocenters. The number of nitrogens with zero attached hydrogens (tertiary/aromatic N) is 2. The molecular formula is C15H29N3. The van der Waals surface area contributed by atoms with Crippen molar-refractivity contribution in [2.45, 2.75) is 76.9 Å². The number of hydrogen-bond acceptors (Lipinski definition) is 3. The summed E-state index contributed by atoms with van der Waals surface area (Å²) in [5.41, 5.74) is -0.325. The molecule has 0 bridgehead atoms. The Bertz CT molecular complexity index is 278. The maximum absolute atomic E-state index is 9.43. The fraction of sp³-hybridized carbons (Fsp3) is 0.933. The van der Waals surface area contributed by atoms with E-state index < -0.39 is 0 Å². The average Bonchev–Trinajstić information content (AvgIpc) is 2.24. The molecule has 3 nitrogen and oxygen atoms in total. The van der Waals surface area contributed by atoms with Gasteiger partial charge in [-0.1, -0.05) is 13.3 Å². The van der Waals surface area contributed by atoms with E-state index in [0.29, 0.717) is 6.04 Å². The molecule has 0 spiro atoms. The second-order valence-electron chi connectivity index (χ2n) is 6.02. The molecule has 1 aliphatic carbocycles. The Labute approximate surface area is 113 Å². The maximum atomic E-state index is 9.43. The Balaban J connectivity index is 2.35. The molecule has 1 saturated carbocycles. The topological polar surface area (TPSA) is 39.1 Å². The summed E-state index contributed by atoms with van der Waals surface area (Å²) in [7, 11) is 2.22. The Kier molecular flexibility index (Phi) is 6.11. The molecule has 0 amide bonds. The summed E-state index contributed by atoms with van der Waals surface area (Å²) in [4.78, 5) is 2.47. The monoisotopic (exact) mass is 251 g/mol. The van der Waals surface area contributed by atoms with Gasteiger partial charge in [-0.15, -0.1) is 0 Å².